The van der Waals surface area contributed by atoms with E-state index in [9.17, 15) is 8.42 Å². The van der Waals surface area contributed by atoms with E-state index in [1.807, 2.05) is 6.07 Å². The largest absolute Gasteiger partial charge is 0.396 e. The molecular formula is C24H29N5O3S. The molecule has 2 aliphatic rings. The Morgan fingerprint density at radius 1 is 0.970 bits per heavy atom. The Labute approximate surface area is 193 Å². The maximum absolute atomic E-state index is 13.2. The number of aromatic nitrogens is 3. The van der Waals surface area contributed by atoms with Crippen LogP contribution in [-0.4, -0.2) is 41.9 Å². The van der Waals surface area contributed by atoms with Crippen LogP contribution < -0.4 is 10.6 Å². The van der Waals surface area contributed by atoms with E-state index in [-0.39, 0.29) is 16.4 Å². The molecule has 174 valence electrons. The van der Waals surface area contributed by atoms with Crippen molar-refractivity contribution in [3.63, 3.8) is 0 Å². The van der Waals surface area contributed by atoms with Crippen molar-refractivity contribution in [3.05, 3.63) is 54.2 Å². The molecule has 2 saturated carbocycles. The lowest BCUT2D eigenvalue weighted by Gasteiger charge is -2.12. The van der Waals surface area contributed by atoms with Gasteiger partial charge < -0.3 is 15.7 Å². The molecule has 0 bridgehead atoms. The number of pyridine rings is 1. The molecule has 2 aliphatic carbocycles. The minimum absolute atomic E-state index is 0.0410. The third-order valence-corrected chi connectivity index (χ3v) is 8.03. The van der Waals surface area contributed by atoms with Gasteiger partial charge in [0.25, 0.3) is 0 Å². The molecule has 0 atom stereocenters. The summed E-state index contributed by atoms with van der Waals surface area (Å²) in [6.07, 6.45) is 5.67. The van der Waals surface area contributed by atoms with E-state index in [2.05, 4.69) is 25.8 Å². The van der Waals surface area contributed by atoms with Gasteiger partial charge in [-0.3, -0.25) is 5.10 Å². The molecule has 4 N–H and O–H groups in total. The topological polar surface area (TPSA) is 120 Å². The summed E-state index contributed by atoms with van der Waals surface area (Å²) in [5, 5.41) is 23.0. The zero-order chi connectivity index (χ0) is 22.8. The molecule has 0 saturated heterocycles. The second-order valence-electron chi connectivity index (χ2n) is 8.93. The summed E-state index contributed by atoms with van der Waals surface area (Å²) < 4.78 is 26.5. The Balaban J connectivity index is 1.43. The van der Waals surface area contributed by atoms with E-state index < -0.39 is 9.84 Å². The fraction of sp³-hybridized carbons (Fsp3) is 0.417. The number of H-pyrrole nitrogens is 1. The molecular weight excluding hydrogens is 438 g/mol. The monoisotopic (exact) mass is 467 g/mol. The molecule has 2 aromatic heterocycles. The SMILES string of the molecule is O=S(=O)(c1ccccc1)c1cc(NCCCO)nc(Nc2cc(C(C3CC3)C3CC3)[nH]n2)c1. The van der Waals surface area contributed by atoms with Crippen LogP contribution in [0.15, 0.2) is 58.3 Å². The maximum Gasteiger partial charge on any atom is 0.206 e. The minimum Gasteiger partial charge on any atom is -0.396 e. The molecule has 0 unspecified atom stereocenters. The number of hydrogen-bond donors (Lipinski definition) is 4. The molecule has 5 rings (SSSR count). The van der Waals surface area contributed by atoms with Gasteiger partial charge in [0.1, 0.15) is 11.6 Å². The van der Waals surface area contributed by atoms with E-state index in [0.717, 1.165) is 17.5 Å². The van der Waals surface area contributed by atoms with Gasteiger partial charge in [-0.2, -0.15) is 5.10 Å². The molecule has 3 aromatic rings. The van der Waals surface area contributed by atoms with Crippen molar-refractivity contribution in [2.24, 2.45) is 11.8 Å². The van der Waals surface area contributed by atoms with Crippen LogP contribution in [0.25, 0.3) is 0 Å². The highest BCUT2D eigenvalue weighted by Gasteiger charge is 2.43. The number of anilines is 3. The van der Waals surface area contributed by atoms with Crippen LogP contribution >= 0.6 is 0 Å². The zero-order valence-electron chi connectivity index (χ0n) is 18.4. The number of aromatic amines is 1. The second kappa shape index (κ2) is 9.15. The number of aliphatic hydroxyl groups is 1. The highest BCUT2D eigenvalue weighted by Crippen LogP contribution is 2.54. The third-order valence-electron chi connectivity index (χ3n) is 6.28. The number of rotatable bonds is 11. The van der Waals surface area contributed by atoms with Crippen molar-refractivity contribution < 1.29 is 13.5 Å². The van der Waals surface area contributed by atoms with E-state index in [1.165, 1.54) is 37.8 Å². The second-order valence-corrected chi connectivity index (χ2v) is 10.9. The Bertz CT molecular complexity index is 1190. The molecule has 33 heavy (non-hydrogen) atoms. The van der Waals surface area contributed by atoms with Crippen molar-refractivity contribution >= 4 is 27.3 Å². The lowest BCUT2D eigenvalue weighted by atomic mass is 9.94. The summed E-state index contributed by atoms with van der Waals surface area (Å²) in [5.74, 6) is 3.50. The van der Waals surface area contributed by atoms with Crippen LogP contribution in [0.2, 0.25) is 0 Å². The molecule has 0 aliphatic heterocycles. The van der Waals surface area contributed by atoms with Crippen LogP contribution in [0.4, 0.5) is 17.5 Å². The quantitative estimate of drug-likeness (QED) is 0.314. The number of nitrogens with one attached hydrogen (secondary N) is 3. The number of benzene rings is 1. The third kappa shape index (κ3) is 5.04. The van der Waals surface area contributed by atoms with Gasteiger partial charge in [-0.1, -0.05) is 18.2 Å². The Morgan fingerprint density at radius 2 is 1.67 bits per heavy atom. The first-order chi connectivity index (χ1) is 16.0. The number of hydrogen-bond acceptors (Lipinski definition) is 7. The normalized spacial score (nSPS) is 16.2. The van der Waals surface area contributed by atoms with Gasteiger partial charge >= 0.3 is 0 Å². The summed E-state index contributed by atoms with van der Waals surface area (Å²) >= 11 is 0. The van der Waals surface area contributed by atoms with Crippen molar-refractivity contribution in [1.82, 2.24) is 15.2 Å². The van der Waals surface area contributed by atoms with E-state index in [0.29, 0.717) is 36.3 Å². The summed E-state index contributed by atoms with van der Waals surface area (Å²) in [5.41, 5.74) is 1.15. The maximum atomic E-state index is 13.2. The van der Waals surface area contributed by atoms with Gasteiger partial charge in [0.2, 0.25) is 9.84 Å². The first-order valence-corrected chi connectivity index (χ1v) is 13.0. The van der Waals surface area contributed by atoms with Gasteiger partial charge in [0, 0.05) is 36.9 Å². The summed E-state index contributed by atoms with van der Waals surface area (Å²) in [7, 11) is -3.72. The summed E-state index contributed by atoms with van der Waals surface area (Å²) in [4.78, 5) is 4.90. The van der Waals surface area contributed by atoms with Crippen LogP contribution in [-0.2, 0) is 9.84 Å². The Hall–Kier alpha value is -2.91. The molecule has 0 amide bonds. The highest BCUT2D eigenvalue weighted by atomic mass is 32.2. The van der Waals surface area contributed by atoms with E-state index in [1.54, 1.807) is 30.3 Å². The number of aliphatic hydroxyl groups excluding tert-OH is 1. The number of nitrogens with zero attached hydrogens (tertiary/aromatic N) is 2. The van der Waals surface area contributed by atoms with Gasteiger partial charge in [0.05, 0.1) is 9.79 Å². The molecule has 1 aromatic carbocycles. The fourth-order valence-electron chi connectivity index (χ4n) is 4.35. The zero-order valence-corrected chi connectivity index (χ0v) is 19.2. The van der Waals surface area contributed by atoms with Gasteiger partial charge in [0.15, 0.2) is 5.82 Å². The van der Waals surface area contributed by atoms with Gasteiger partial charge in [-0.05, 0) is 62.1 Å². The predicted octanol–water partition coefficient (Wildman–Crippen LogP) is 4.08. The molecule has 8 nitrogen and oxygen atoms in total. The molecule has 9 heteroatoms. The number of sulfone groups is 1. The van der Waals surface area contributed by atoms with E-state index >= 15 is 0 Å². The smallest absolute Gasteiger partial charge is 0.206 e. The lowest BCUT2D eigenvalue weighted by Crippen LogP contribution is -2.09. The Morgan fingerprint density at radius 3 is 2.33 bits per heavy atom. The van der Waals surface area contributed by atoms with Crippen LogP contribution in [0, 0.1) is 11.8 Å². The first kappa shape index (κ1) is 21.9. The molecule has 0 radical (unpaired) electrons. The fourth-order valence-corrected chi connectivity index (χ4v) is 5.67. The van der Waals surface area contributed by atoms with Crippen molar-refractivity contribution in [2.45, 2.75) is 47.8 Å². The van der Waals surface area contributed by atoms with Gasteiger partial charge in [-0.15, -0.1) is 0 Å². The van der Waals surface area contributed by atoms with Crippen LogP contribution in [0.1, 0.15) is 43.7 Å². The average molecular weight is 468 g/mol. The lowest BCUT2D eigenvalue weighted by molar-refractivity contribution is 0.292. The molecule has 2 heterocycles. The Kier molecular flexibility index (Phi) is 6.07. The summed E-state index contributed by atoms with van der Waals surface area (Å²) in [6.45, 7) is 0.522. The van der Waals surface area contributed by atoms with Crippen molar-refractivity contribution in [3.8, 4) is 0 Å². The van der Waals surface area contributed by atoms with Crippen LogP contribution in [0.3, 0.4) is 0 Å². The predicted molar refractivity (Wildman–Crippen MR) is 126 cm³/mol. The molecule has 0 spiro atoms. The summed E-state index contributed by atoms with van der Waals surface area (Å²) in [6, 6.07) is 13.4. The van der Waals surface area contributed by atoms with Crippen LogP contribution in [0.5, 0.6) is 0 Å². The highest BCUT2D eigenvalue weighted by molar-refractivity contribution is 7.91. The standard InChI is InChI=1S/C24H29N5O3S/c30-12-4-11-25-21-13-19(33(31,32)18-5-2-1-3-6-18)14-22(26-21)27-23-15-20(28-29-23)24(16-7-8-16)17-9-10-17/h1-3,5-6,13-17,24,30H,4,7-12H2,(H3,25,26,27,28,29). The average Bonchev–Trinajstić information content (AvgIpc) is 3.75. The first-order valence-electron chi connectivity index (χ1n) is 11.5. The minimum atomic E-state index is -3.72. The van der Waals surface area contributed by atoms with E-state index in [4.69, 9.17) is 5.11 Å². The van der Waals surface area contributed by atoms with Crippen molar-refractivity contribution in [1.29, 1.82) is 0 Å². The molecule has 2 fully saturated rings. The van der Waals surface area contributed by atoms with Crippen molar-refractivity contribution in [2.75, 3.05) is 23.8 Å². The van der Waals surface area contributed by atoms with Gasteiger partial charge in [-0.25, -0.2) is 13.4 Å².